The summed E-state index contributed by atoms with van der Waals surface area (Å²) in [6.45, 7) is 4.73. The highest BCUT2D eigenvalue weighted by molar-refractivity contribution is 5.90. The molecule has 0 radical (unpaired) electrons. The lowest BCUT2D eigenvalue weighted by molar-refractivity contribution is -0.385. The zero-order valence-corrected chi connectivity index (χ0v) is 14.8. The molecule has 1 aromatic heterocycles. The molecule has 1 amide bonds. The molecule has 3 rings (SSSR count). The quantitative estimate of drug-likeness (QED) is 0.633. The number of hydrogen-bond acceptors (Lipinski definition) is 5. The Morgan fingerprint density at radius 1 is 1.31 bits per heavy atom. The van der Waals surface area contributed by atoms with Gasteiger partial charge in [0.15, 0.2) is 0 Å². The van der Waals surface area contributed by atoms with E-state index >= 15 is 0 Å². The van der Waals surface area contributed by atoms with E-state index in [0.29, 0.717) is 6.54 Å². The molecule has 1 aliphatic rings. The highest BCUT2D eigenvalue weighted by Crippen LogP contribution is 2.24. The first kappa shape index (κ1) is 17.9. The van der Waals surface area contributed by atoms with Crippen molar-refractivity contribution < 1.29 is 9.72 Å². The normalized spacial score (nSPS) is 15.0. The molecule has 8 nitrogen and oxygen atoms in total. The van der Waals surface area contributed by atoms with E-state index in [1.54, 1.807) is 0 Å². The van der Waals surface area contributed by atoms with Gasteiger partial charge in [-0.2, -0.15) is 5.10 Å². The Morgan fingerprint density at radius 3 is 2.62 bits per heavy atom. The fourth-order valence-electron chi connectivity index (χ4n) is 3.03. The third-order valence-electron chi connectivity index (χ3n) is 4.70. The molecule has 0 saturated carbocycles. The average Bonchev–Trinajstić information content (AvgIpc) is 3.11. The summed E-state index contributed by atoms with van der Waals surface area (Å²) in [4.78, 5) is 24.5. The molecule has 0 spiro atoms. The number of aryl methyl sites for hydroxylation is 1. The third kappa shape index (κ3) is 4.59. The van der Waals surface area contributed by atoms with Gasteiger partial charge in [0.25, 0.3) is 0 Å². The van der Waals surface area contributed by atoms with Gasteiger partial charge in [-0.3, -0.25) is 19.6 Å². The monoisotopic (exact) mass is 357 g/mol. The first-order valence-corrected chi connectivity index (χ1v) is 8.83. The van der Waals surface area contributed by atoms with E-state index in [2.05, 4.69) is 22.2 Å². The van der Waals surface area contributed by atoms with Crippen molar-refractivity contribution in [2.24, 2.45) is 5.92 Å². The van der Waals surface area contributed by atoms with Gasteiger partial charge in [-0.25, -0.2) is 0 Å². The summed E-state index contributed by atoms with van der Waals surface area (Å²) in [5, 5.41) is 17.3. The van der Waals surface area contributed by atoms with Crippen LogP contribution in [0.15, 0.2) is 36.7 Å². The molecular weight excluding hydrogens is 334 g/mol. The second kappa shape index (κ2) is 7.99. The van der Waals surface area contributed by atoms with Crippen molar-refractivity contribution >= 4 is 23.0 Å². The Bertz CT molecular complexity index is 763. The minimum atomic E-state index is -0.506. The van der Waals surface area contributed by atoms with Gasteiger partial charge in [0.1, 0.15) is 12.4 Å². The van der Waals surface area contributed by atoms with Crippen LogP contribution in [0.25, 0.3) is 0 Å². The van der Waals surface area contributed by atoms with Crippen LogP contribution in [0.5, 0.6) is 0 Å². The Labute approximate surface area is 151 Å². The molecule has 2 aromatic rings. The number of rotatable bonds is 6. The van der Waals surface area contributed by atoms with Gasteiger partial charge in [-0.1, -0.05) is 6.92 Å². The molecule has 1 fully saturated rings. The molecule has 1 aromatic carbocycles. The van der Waals surface area contributed by atoms with Crippen LogP contribution in [0.3, 0.4) is 0 Å². The van der Waals surface area contributed by atoms with Crippen LogP contribution in [0, 0.1) is 16.0 Å². The molecule has 0 bridgehead atoms. The summed E-state index contributed by atoms with van der Waals surface area (Å²) >= 11 is 0. The molecule has 0 atom stereocenters. The number of hydrogen-bond donors (Lipinski definition) is 1. The lowest BCUT2D eigenvalue weighted by Crippen LogP contribution is -2.32. The van der Waals surface area contributed by atoms with Gasteiger partial charge >= 0.3 is 5.69 Å². The number of anilines is 2. The van der Waals surface area contributed by atoms with Crippen molar-refractivity contribution in [3.05, 3.63) is 46.8 Å². The Kier molecular flexibility index (Phi) is 5.50. The smallest absolute Gasteiger partial charge is 0.306 e. The van der Waals surface area contributed by atoms with Crippen LogP contribution >= 0.6 is 0 Å². The van der Waals surface area contributed by atoms with E-state index in [0.717, 1.165) is 24.7 Å². The fourth-order valence-corrected chi connectivity index (χ4v) is 3.03. The van der Waals surface area contributed by atoms with Crippen molar-refractivity contribution in [3.8, 4) is 0 Å². The van der Waals surface area contributed by atoms with E-state index in [4.69, 9.17) is 0 Å². The van der Waals surface area contributed by atoms with Gasteiger partial charge in [0, 0.05) is 37.4 Å². The molecule has 1 saturated heterocycles. The summed E-state index contributed by atoms with van der Waals surface area (Å²) in [6, 6.07) is 7.87. The maximum absolute atomic E-state index is 12.1. The summed E-state index contributed by atoms with van der Waals surface area (Å²) < 4.78 is 1.40. The molecule has 138 valence electrons. The van der Waals surface area contributed by atoms with Crippen molar-refractivity contribution in [3.63, 3.8) is 0 Å². The van der Waals surface area contributed by atoms with Crippen molar-refractivity contribution in [1.82, 2.24) is 9.78 Å². The highest BCUT2D eigenvalue weighted by Gasteiger charge is 2.16. The summed E-state index contributed by atoms with van der Waals surface area (Å²) in [7, 11) is 0. The van der Waals surface area contributed by atoms with Gasteiger partial charge in [0.05, 0.1) is 4.92 Å². The second-order valence-corrected chi connectivity index (χ2v) is 6.73. The number of carbonyl (C=O) groups excluding carboxylic acids is 1. The molecule has 8 heteroatoms. The van der Waals surface area contributed by atoms with E-state index in [-0.39, 0.29) is 18.0 Å². The fraction of sp³-hybridized carbons (Fsp3) is 0.444. The largest absolute Gasteiger partial charge is 0.372 e. The maximum Gasteiger partial charge on any atom is 0.306 e. The predicted molar refractivity (Wildman–Crippen MR) is 99.2 cm³/mol. The zero-order chi connectivity index (χ0) is 18.5. The minimum absolute atomic E-state index is 0.0758. The van der Waals surface area contributed by atoms with Gasteiger partial charge in [-0.15, -0.1) is 0 Å². The number of nitrogens with one attached hydrogen (secondary N) is 1. The Balaban J connectivity index is 1.48. The van der Waals surface area contributed by atoms with Gasteiger partial charge in [0.2, 0.25) is 5.91 Å². The van der Waals surface area contributed by atoms with Gasteiger partial charge in [-0.05, 0) is 43.0 Å². The van der Waals surface area contributed by atoms with Crippen molar-refractivity contribution in [1.29, 1.82) is 0 Å². The number of nitrogens with zero attached hydrogens (tertiary/aromatic N) is 4. The van der Waals surface area contributed by atoms with Crippen LogP contribution in [0.4, 0.5) is 17.1 Å². The number of carbonyl (C=O) groups is 1. The lowest BCUT2D eigenvalue weighted by atomic mass is 9.99. The third-order valence-corrected chi connectivity index (χ3v) is 4.70. The van der Waals surface area contributed by atoms with Crippen LogP contribution in [-0.2, 0) is 11.3 Å². The van der Waals surface area contributed by atoms with E-state index < -0.39 is 4.92 Å². The van der Waals surface area contributed by atoms with Crippen LogP contribution in [0.1, 0.15) is 26.2 Å². The minimum Gasteiger partial charge on any atom is -0.372 e. The van der Waals surface area contributed by atoms with E-state index in [9.17, 15) is 14.9 Å². The molecule has 26 heavy (non-hydrogen) atoms. The lowest BCUT2D eigenvalue weighted by Gasteiger charge is -2.32. The first-order chi connectivity index (χ1) is 12.5. The number of amides is 1. The van der Waals surface area contributed by atoms with Crippen LogP contribution in [0.2, 0.25) is 0 Å². The van der Waals surface area contributed by atoms with E-state index in [1.165, 1.54) is 35.6 Å². The predicted octanol–water partition coefficient (Wildman–Crippen LogP) is 3.06. The molecular formula is C18H23N5O3. The first-order valence-electron chi connectivity index (χ1n) is 8.83. The Hall–Kier alpha value is -2.90. The maximum atomic E-state index is 12.1. The van der Waals surface area contributed by atoms with Crippen LogP contribution < -0.4 is 10.2 Å². The molecule has 1 aliphatic heterocycles. The number of aromatic nitrogens is 2. The van der Waals surface area contributed by atoms with Crippen molar-refractivity contribution in [2.75, 3.05) is 23.3 Å². The van der Waals surface area contributed by atoms with E-state index in [1.807, 2.05) is 24.3 Å². The highest BCUT2D eigenvalue weighted by atomic mass is 16.6. The summed E-state index contributed by atoms with van der Waals surface area (Å²) in [5.41, 5.74) is 1.85. The summed E-state index contributed by atoms with van der Waals surface area (Å²) in [6.07, 6.45) is 5.12. The van der Waals surface area contributed by atoms with Crippen molar-refractivity contribution in [2.45, 2.75) is 32.7 Å². The standard InChI is InChI=1S/C18H23N5O3/c1-14-6-9-21(10-7-14)16-4-2-15(3-5-16)20-18(24)8-11-22-13-17(12-19-22)23(25)26/h2-5,12-14H,6-11H2,1H3,(H,20,24). The molecule has 0 unspecified atom stereocenters. The summed E-state index contributed by atoms with van der Waals surface area (Å²) in [5.74, 6) is 0.642. The molecule has 1 N–H and O–H groups in total. The zero-order valence-electron chi connectivity index (χ0n) is 14.8. The SMILES string of the molecule is CC1CCN(c2ccc(NC(=O)CCn3cc([N+](=O)[O-])cn3)cc2)CC1. The van der Waals surface area contributed by atoms with Gasteiger partial charge < -0.3 is 10.2 Å². The average molecular weight is 357 g/mol. The molecule has 0 aliphatic carbocycles. The second-order valence-electron chi connectivity index (χ2n) is 6.73. The molecule has 2 heterocycles. The number of benzene rings is 1. The Morgan fingerprint density at radius 2 is 2.00 bits per heavy atom. The number of piperidine rings is 1. The van der Waals surface area contributed by atoms with Crippen LogP contribution in [-0.4, -0.2) is 33.7 Å². The topological polar surface area (TPSA) is 93.3 Å². The number of nitro groups is 1.